The van der Waals surface area contributed by atoms with E-state index in [2.05, 4.69) is 10.2 Å². The van der Waals surface area contributed by atoms with Crippen LogP contribution in [-0.2, 0) is 22.4 Å². The van der Waals surface area contributed by atoms with Crippen molar-refractivity contribution in [2.75, 3.05) is 7.11 Å². The van der Waals surface area contributed by atoms with Crippen LogP contribution in [0.25, 0.3) is 0 Å². The number of ether oxygens (including phenoxy) is 2. The number of hydrogen-bond acceptors (Lipinski definition) is 5. The summed E-state index contributed by atoms with van der Waals surface area (Å²) in [5.74, 6) is -0.508. The summed E-state index contributed by atoms with van der Waals surface area (Å²) in [6.45, 7) is 7.69. The van der Waals surface area contributed by atoms with Gasteiger partial charge in [-0.1, -0.05) is 0 Å². The molecule has 0 radical (unpaired) electrons. The molecule has 21 heavy (non-hydrogen) atoms. The lowest BCUT2D eigenvalue weighted by Crippen LogP contribution is -2.45. The van der Waals surface area contributed by atoms with Crippen molar-refractivity contribution in [3.8, 4) is 0 Å². The summed E-state index contributed by atoms with van der Waals surface area (Å²) in [5.41, 5.74) is 1.24. The molecule has 1 aromatic heterocycles. The Hall–Kier alpha value is -2.05. The molecule has 0 aliphatic carbocycles. The van der Waals surface area contributed by atoms with Gasteiger partial charge in [0.05, 0.1) is 13.7 Å². The number of esters is 1. The highest BCUT2D eigenvalue weighted by atomic mass is 16.6. The predicted molar refractivity (Wildman–Crippen MR) is 74.9 cm³/mol. The number of aromatic amines is 1. The third-order valence-corrected chi connectivity index (χ3v) is 3.32. The second-order valence-electron chi connectivity index (χ2n) is 6.18. The number of H-pyrrole nitrogens is 1. The van der Waals surface area contributed by atoms with E-state index in [1.807, 2.05) is 27.7 Å². The third kappa shape index (κ3) is 3.17. The van der Waals surface area contributed by atoms with Crippen LogP contribution in [0.15, 0.2) is 0 Å². The van der Waals surface area contributed by atoms with Gasteiger partial charge in [-0.05, 0) is 27.7 Å². The van der Waals surface area contributed by atoms with Crippen molar-refractivity contribution < 1.29 is 19.1 Å². The molecule has 2 rings (SSSR count). The Morgan fingerprint density at radius 2 is 2.05 bits per heavy atom. The fourth-order valence-electron chi connectivity index (χ4n) is 2.30. The van der Waals surface area contributed by atoms with Gasteiger partial charge in [0.1, 0.15) is 5.60 Å². The highest BCUT2D eigenvalue weighted by Gasteiger charge is 2.34. The van der Waals surface area contributed by atoms with Crippen LogP contribution < -0.4 is 0 Å². The van der Waals surface area contributed by atoms with Crippen LogP contribution in [0.1, 0.15) is 49.4 Å². The average Bonchev–Trinajstić information content (AvgIpc) is 2.77. The van der Waals surface area contributed by atoms with Crippen molar-refractivity contribution in [3.63, 3.8) is 0 Å². The van der Waals surface area contributed by atoms with E-state index in [4.69, 9.17) is 9.47 Å². The normalized spacial score (nSPS) is 18.1. The van der Waals surface area contributed by atoms with Gasteiger partial charge < -0.3 is 14.4 Å². The first-order valence-electron chi connectivity index (χ1n) is 6.87. The summed E-state index contributed by atoms with van der Waals surface area (Å²) in [6.07, 6.45) is 0.205. The molecule has 1 aliphatic heterocycles. The molecule has 2 heterocycles. The number of carbonyl (C=O) groups excluding carboxylic acids is 2. The van der Waals surface area contributed by atoms with Gasteiger partial charge >= 0.3 is 12.1 Å². The van der Waals surface area contributed by atoms with Gasteiger partial charge in [-0.15, -0.1) is 0 Å². The molecule has 0 spiro atoms. The number of fused-ring (bicyclic) bond motifs is 1. The van der Waals surface area contributed by atoms with Crippen molar-refractivity contribution in [1.82, 2.24) is 15.1 Å². The smallest absolute Gasteiger partial charge is 0.410 e. The van der Waals surface area contributed by atoms with E-state index in [1.165, 1.54) is 7.11 Å². The summed E-state index contributed by atoms with van der Waals surface area (Å²) >= 11 is 0. The van der Waals surface area contributed by atoms with Crippen molar-refractivity contribution in [2.24, 2.45) is 0 Å². The molecule has 1 atom stereocenters. The summed E-state index contributed by atoms with van der Waals surface area (Å²) in [6, 6.07) is -0.0294. The van der Waals surface area contributed by atoms with Crippen LogP contribution in [0.3, 0.4) is 0 Å². The maximum atomic E-state index is 12.3. The Balaban J connectivity index is 2.24. The first-order valence-corrected chi connectivity index (χ1v) is 6.87. The minimum Gasteiger partial charge on any atom is -0.464 e. The molecule has 7 heteroatoms. The van der Waals surface area contributed by atoms with Crippen LogP contribution in [0.2, 0.25) is 0 Å². The maximum Gasteiger partial charge on any atom is 0.410 e. The molecule has 0 fully saturated rings. The zero-order valence-electron chi connectivity index (χ0n) is 13.0. The van der Waals surface area contributed by atoms with E-state index in [-0.39, 0.29) is 18.3 Å². The summed E-state index contributed by atoms with van der Waals surface area (Å²) in [5, 5.41) is 6.84. The highest BCUT2D eigenvalue weighted by Crippen LogP contribution is 2.26. The second kappa shape index (κ2) is 5.38. The van der Waals surface area contributed by atoms with Crippen molar-refractivity contribution in [2.45, 2.75) is 52.3 Å². The molecule has 1 N–H and O–H groups in total. The lowest BCUT2D eigenvalue weighted by atomic mass is 10.00. The lowest BCUT2D eigenvalue weighted by molar-refractivity contribution is 0.0135. The fraction of sp³-hybridized carbons (Fsp3) is 0.643. The summed E-state index contributed by atoms with van der Waals surface area (Å²) < 4.78 is 10.1. The average molecular weight is 295 g/mol. The molecule has 0 saturated carbocycles. The van der Waals surface area contributed by atoms with E-state index in [0.717, 1.165) is 5.69 Å². The number of carbonyl (C=O) groups is 2. The number of rotatable bonds is 1. The highest BCUT2D eigenvalue weighted by molar-refractivity contribution is 5.89. The summed E-state index contributed by atoms with van der Waals surface area (Å²) in [7, 11) is 1.31. The van der Waals surface area contributed by atoms with Crippen molar-refractivity contribution in [1.29, 1.82) is 0 Å². The number of nitrogens with one attached hydrogen (secondary N) is 1. The zero-order valence-corrected chi connectivity index (χ0v) is 13.0. The maximum absolute atomic E-state index is 12.3. The quantitative estimate of drug-likeness (QED) is 0.800. The van der Waals surface area contributed by atoms with E-state index in [0.29, 0.717) is 12.0 Å². The Morgan fingerprint density at radius 3 is 2.62 bits per heavy atom. The number of aromatic nitrogens is 2. The van der Waals surface area contributed by atoms with E-state index in [9.17, 15) is 9.59 Å². The number of hydrogen-bond donors (Lipinski definition) is 1. The SMILES string of the molecule is COC(=O)c1n[nH]c2c1CN(C(=O)OC(C)(C)C)[C@H](C)C2. The molecule has 0 saturated heterocycles. The first kappa shape index (κ1) is 15.3. The van der Waals surface area contributed by atoms with E-state index in [1.54, 1.807) is 4.90 Å². The third-order valence-electron chi connectivity index (χ3n) is 3.32. The van der Waals surface area contributed by atoms with E-state index >= 15 is 0 Å². The minimum atomic E-state index is -0.557. The predicted octanol–water partition coefficient (Wildman–Crippen LogP) is 1.88. The van der Waals surface area contributed by atoms with Gasteiger partial charge in [0, 0.05) is 23.7 Å². The van der Waals surface area contributed by atoms with Crippen molar-refractivity contribution >= 4 is 12.1 Å². The molecular weight excluding hydrogens is 274 g/mol. The zero-order chi connectivity index (χ0) is 15.8. The largest absolute Gasteiger partial charge is 0.464 e. The van der Waals surface area contributed by atoms with Crippen LogP contribution in [0.5, 0.6) is 0 Å². The van der Waals surface area contributed by atoms with Crippen LogP contribution in [-0.4, -0.2) is 45.9 Å². The minimum absolute atomic E-state index is 0.0294. The topological polar surface area (TPSA) is 84.5 Å². The van der Waals surface area contributed by atoms with Gasteiger partial charge in [-0.3, -0.25) is 5.10 Å². The Morgan fingerprint density at radius 1 is 1.38 bits per heavy atom. The Bertz CT molecular complexity index is 559. The first-order chi connectivity index (χ1) is 9.73. The van der Waals surface area contributed by atoms with Gasteiger partial charge in [-0.25, -0.2) is 9.59 Å². The number of amides is 1. The van der Waals surface area contributed by atoms with Gasteiger partial charge in [-0.2, -0.15) is 5.10 Å². The molecular formula is C14H21N3O4. The molecule has 7 nitrogen and oxygen atoms in total. The van der Waals surface area contributed by atoms with Gasteiger partial charge in [0.2, 0.25) is 0 Å². The molecule has 0 aromatic carbocycles. The van der Waals surface area contributed by atoms with Crippen LogP contribution in [0, 0.1) is 0 Å². The number of methoxy groups -OCH3 is 1. The van der Waals surface area contributed by atoms with Gasteiger partial charge in [0.15, 0.2) is 5.69 Å². The molecule has 1 amide bonds. The van der Waals surface area contributed by atoms with E-state index < -0.39 is 17.7 Å². The molecule has 1 aromatic rings. The van der Waals surface area contributed by atoms with Crippen LogP contribution in [0.4, 0.5) is 4.79 Å². The van der Waals surface area contributed by atoms with Crippen LogP contribution >= 0.6 is 0 Å². The lowest BCUT2D eigenvalue weighted by Gasteiger charge is -2.34. The standard InChI is InChI=1S/C14H21N3O4/c1-8-6-10-9(11(16-15-10)12(18)20-5)7-17(8)13(19)21-14(2,3)4/h8H,6-7H2,1-5H3,(H,15,16)/t8-/m1/s1. The Labute approximate surface area is 123 Å². The Kier molecular flexibility index (Phi) is 3.93. The molecule has 1 aliphatic rings. The fourth-order valence-corrected chi connectivity index (χ4v) is 2.30. The summed E-state index contributed by atoms with van der Waals surface area (Å²) in [4.78, 5) is 25.6. The molecule has 116 valence electrons. The number of nitrogens with zero attached hydrogens (tertiary/aromatic N) is 2. The second-order valence-corrected chi connectivity index (χ2v) is 6.18. The molecule has 0 bridgehead atoms. The van der Waals surface area contributed by atoms with Gasteiger partial charge in [0.25, 0.3) is 0 Å². The van der Waals surface area contributed by atoms with Crippen molar-refractivity contribution in [3.05, 3.63) is 17.0 Å². The molecule has 0 unspecified atom stereocenters. The monoisotopic (exact) mass is 295 g/mol.